The van der Waals surface area contributed by atoms with Crippen LogP contribution in [0.3, 0.4) is 0 Å². The first kappa shape index (κ1) is 10.3. The van der Waals surface area contributed by atoms with Gasteiger partial charge in [0.15, 0.2) is 0 Å². The van der Waals surface area contributed by atoms with Gasteiger partial charge in [-0.1, -0.05) is 26.3 Å². The zero-order valence-electron chi connectivity index (χ0n) is 8.46. The fraction of sp³-hybridized carbons (Fsp3) is 0.727. The van der Waals surface area contributed by atoms with E-state index in [4.69, 9.17) is 0 Å². The summed E-state index contributed by atoms with van der Waals surface area (Å²) < 4.78 is 0. The number of piperidine rings is 1. The molecule has 1 unspecified atom stereocenters. The number of amides is 1. The lowest BCUT2D eigenvalue weighted by atomic mass is 9.91. The average molecular weight is 181 g/mol. The van der Waals surface area contributed by atoms with Crippen molar-refractivity contribution in [1.82, 2.24) is 4.90 Å². The monoisotopic (exact) mass is 181 g/mol. The van der Waals surface area contributed by atoms with Crippen LogP contribution in [0.5, 0.6) is 0 Å². The van der Waals surface area contributed by atoms with Crippen molar-refractivity contribution in [3.05, 3.63) is 12.8 Å². The van der Waals surface area contributed by atoms with Crippen LogP contribution in [0.15, 0.2) is 12.8 Å². The van der Waals surface area contributed by atoms with E-state index in [1.807, 2.05) is 0 Å². The van der Waals surface area contributed by atoms with Crippen molar-refractivity contribution in [3.8, 4) is 0 Å². The number of carbonyl (C=O) groups is 1. The highest BCUT2D eigenvalue weighted by atomic mass is 16.2. The van der Waals surface area contributed by atoms with Gasteiger partial charge in [-0.05, 0) is 25.0 Å². The maximum atomic E-state index is 11.5. The van der Waals surface area contributed by atoms with Crippen LogP contribution < -0.4 is 0 Å². The Morgan fingerprint density at radius 1 is 1.69 bits per heavy atom. The van der Waals surface area contributed by atoms with Gasteiger partial charge in [-0.3, -0.25) is 4.79 Å². The predicted octanol–water partition coefficient (Wildman–Crippen LogP) is 2.56. The Bertz CT molecular complexity index is 189. The number of likely N-dealkylation sites (tertiary alicyclic amines) is 1. The molecule has 13 heavy (non-hydrogen) atoms. The van der Waals surface area contributed by atoms with E-state index < -0.39 is 0 Å². The molecular formula is C11H19NO. The van der Waals surface area contributed by atoms with Crippen molar-refractivity contribution in [2.24, 2.45) is 5.92 Å². The van der Waals surface area contributed by atoms with Gasteiger partial charge >= 0.3 is 0 Å². The summed E-state index contributed by atoms with van der Waals surface area (Å²) in [5, 5.41) is 0. The Morgan fingerprint density at radius 3 is 3.00 bits per heavy atom. The zero-order chi connectivity index (χ0) is 9.68. The first-order valence-electron chi connectivity index (χ1n) is 5.20. The first-order chi connectivity index (χ1) is 6.27. The maximum absolute atomic E-state index is 11.5. The second-order valence-corrected chi connectivity index (χ2v) is 3.77. The van der Waals surface area contributed by atoms with Crippen LogP contribution in [-0.4, -0.2) is 17.4 Å². The lowest BCUT2D eigenvalue weighted by Crippen LogP contribution is -2.34. The first-order valence-corrected chi connectivity index (χ1v) is 5.20. The Balaban J connectivity index is 2.32. The van der Waals surface area contributed by atoms with Crippen LogP contribution >= 0.6 is 0 Å². The third-order valence-electron chi connectivity index (χ3n) is 2.75. The van der Waals surface area contributed by atoms with Gasteiger partial charge in [0.25, 0.3) is 0 Å². The molecule has 1 saturated heterocycles. The van der Waals surface area contributed by atoms with Gasteiger partial charge in [0.1, 0.15) is 0 Å². The lowest BCUT2D eigenvalue weighted by molar-refractivity contribution is -0.132. The van der Waals surface area contributed by atoms with Crippen molar-refractivity contribution >= 4 is 5.91 Å². The van der Waals surface area contributed by atoms with Crippen LogP contribution in [0, 0.1) is 5.92 Å². The van der Waals surface area contributed by atoms with E-state index in [-0.39, 0.29) is 5.91 Å². The Kier molecular flexibility index (Phi) is 4.00. The normalized spacial score (nSPS) is 23.3. The molecule has 0 N–H and O–H groups in total. The zero-order valence-corrected chi connectivity index (χ0v) is 8.46. The molecule has 1 heterocycles. The topological polar surface area (TPSA) is 20.3 Å². The molecule has 0 bridgehead atoms. The smallest absolute Gasteiger partial charge is 0.226 e. The van der Waals surface area contributed by atoms with E-state index in [1.165, 1.54) is 19.3 Å². The number of rotatable bonds is 4. The summed E-state index contributed by atoms with van der Waals surface area (Å²) in [7, 11) is 0. The largest absolute Gasteiger partial charge is 0.320 e. The van der Waals surface area contributed by atoms with E-state index in [0.29, 0.717) is 5.92 Å². The highest BCUT2D eigenvalue weighted by Crippen LogP contribution is 2.23. The minimum Gasteiger partial charge on any atom is -0.320 e. The molecule has 1 aliphatic rings. The van der Waals surface area contributed by atoms with E-state index in [1.54, 1.807) is 11.1 Å². The fourth-order valence-electron chi connectivity index (χ4n) is 1.84. The van der Waals surface area contributed by atoms with Crippen molar-refractivity contribution in [3.63, 3.8) is 0 Å². The summed E-state index contributed by atoms with van der Waals surface area (Å²) in [5.41, 5.74) is 0. The summed E-state index contributed by atoms with van der Waals surface area (Å²) in [6.45, 7) is 6.69. The molecule has 1 fully saturated rings. The number of hydrogen-bond donors (Lipinski definition) is 0. The highest BCUT2D eigenvalue weighted by Gasteiger charge is 2.23. The summed E-state index contributed by atoms with van der Waals surface area (Å²) >= 11 is 0. The molecule has 74 valence electrons. The standard InChI is InChI=1S/C11H19NO/c1-3-5-6-10-7-8-12(4-2)11(13)9-10/h4,10H,2-3,5-9H2,1H3. The Hall–Kier alpha value is -0.790. The van der Waals surface area contributed by atoms with Crippen LogP contribution in [0.4, 0.5) is 0 Å². The molecule has 2 nitrogen and oxygen atoms in total. The van der Waals surface area contributed by atoms with E-state index >= 15 is 0 Å². The van der Waals surface area contributed by atoms with E-state index in [2.05, 4.69) is 13.5 Å². The minimum absolute atomic E-state index is 0.252. The molecule has 0 saturated carbocycles. The summed E-state index contributed by atoms with van der Waals surface area (Å²) in [5.74, 6) is 0.881. The molecule has 0 aromatic carbocycles. The number of unbranched alkanes of at least 4 members (excludes halogenated alkanes) is 1. The van der Waals surface area contributed by atoms with Gasteiger partial charge in [0, 0.05) is 13.0 Å². The lowest BCUT2D eigenvalue weighted by Gasteiger charge is -2.28. The minimum atomic E-state index is 0.252. The fourth-order valence-corrected chi connectivity index (χ4v) is 1.84. The molecule has 1 amide bonds. The molecule has 0 spiro atoms. The highest BCUT2D eigenvalue weighted by molar-refractivity contribution is 5.78. The third kappa shape index (κ3) is 2.87. The molecular weight excluding hydrogens is 162 g/mol. The summed E-state index contributed by atoms with van der Waals surface area (Å²) in [4.78, 5) is 13.2. The molecule has 1 atom stereocenters. The van der Waals surface area contributed by atoms with Gasteiger partial charge in [-0.2, -0.15) is 0 Å². The Labute approximate surface area is 80.6 Å². The molecule has 0 aliphatic carbocycles. The van der Waals surface area contributed by atoms with Crippen LogP contribution in [0.2, 0.25) is 0 Å². The number of hydrogen-bond acceptors (Lipinski definition) is 1. The van der Waals surface area contributed by atoms with Crippen LogP contribution in [0.1, 0.15) is 39.0 Å². The van der Waals surface area contributed by atoms with Gasteiger partial charge in [-0.25, -0.2) is 0 Å². The van der Waals surface area contributed by atoms with E-state index in [9.17, 15) is 4.79 Å². The quantitative estimate of drug-likeness (QED) is 0.652. The van der Waals surface area contributed by atoms with E-state index in [0.717, 1.165) is 19.4 Å². The molecule has 1 rings (SSSR count). The SMILES string of the molecule is C=CN1CCC(CCCC)CC1=O. The van der Waals surface area contributed by atoms with Crippen molar-refractivity contribution < 1.29 is 4.79 Å². The van der Waals surface area contributed by atoms with Crippen molar-refractivity contribution in [1.29, 1.82) is 0 Å². The third-order valence-corrected chi connectivity index (χ3v) is 2.75. The maximum Gasteiger partial charge on any atom is 0.226 e. The van der Waals surface area contributed by atoms with Gasteiger partial charge in [0.05, 0.1) is 0 Å². The molecule has 1 aliphatic heterocycles. The van der Waals surface area contributed by atoms with Crippen LogP contribution in [-0.2, 0) is 4.79 Å². The number of nitrogens with zero attached hydrogens (tertiary/aromatic N) is 1. The second kappa shape index (κ2) is 5.05. The van der Waals surface area contributed by atoms with Crippen molar-refractivity contribution in [2.75, 3.05) is 6.54 Å². The summed E-state index contributed by atoms with van der Waals surface area (Å²) in [6, 6.07) is 0. The molecule has 0 aromatic rings. The average Bonchev–Trinajstić information content (AvgIpc) is 2.15. The second-order valence-electron chi connectivity index (χ2n) is 3.77. The Morgan fingerprint density at radius 2 is 2.46 bits per heavy atom. The summed E-state index contributed by atoms with van der Waals surface area (Å²) in [6.07, 6.45) is 7.23. The molecule has 2 heteroatoms. The van der Waals surface area contributed by atoms with Gasteiger partial charge < -0.3 is 4.90 Å². The molecule has 0 aromatic heterocycles. The molecule has 0 radical (unpaired) electrons. The van der Waals surface area contributed by atoms with Gasteiger partial charge in [0.2, 0.25) is 5.91 Å². The number of carbonyl (C=O) groups excluding carboxylic acids is 1. The van der Waals surface area contributed by atoms with Gasteiger partial charge in [-0.15, -0.1) is 0 Å². The van der Waals surface area contributed by atoms with Crippen LogP contribution in [0.25, 0.3) is 0 Å². The predicted molar refractivity (Wildman–Crippen MR) is 54.2 cm³/mol. The van der Waals surface area contributed by atoms with Crippen molar-refractivity contribution in [2.45, 2.75) is 39.0 Å².